The summed E-state index contributed by atoms with van der Waals surface area (Å²) in [6.07, 6.45) is 7.98. The van der Waals surface area contributed by atoms with Gasteiger partial charge in [-0.1, -0.05) is 6.42 Å². The maximum Gasteiger partial charge on any atom is 0.0474 e. The quantitative estimate of drug-likeness (QED) is 0.546. The molecular weight excluding hydrogens is 200 g/mol. The van der Waals surface area contributed by atoms with Crippen molar-refractivity contribution in [3.05, 3.63) is 0 Å². The normalized spacial score (nSPS) is 15.9. The van der Waals surface area contributed by atoms with Gasteiger partial charge in [-0.15, -0.1) is 0 Å². The molecule has 1 N–H and O–H groups in total. The van der Waals surface area contributed by atoms with Crippen molar-refractivity contribution in [3.8, 4) is 0 Å². The minimum Gasteiger partial charge on any atom is -0.385 e. The number of hydrogen-bond acceptors (Lipinski definition) is 3. The first kappa shape index (κ1) is 13.9. The zero-order valence-corrected chi connectivity index (χ0v) is 11.0. The van der Waals surface area contributed by atoms with E-state index in [9.17, 15) is 0 Å². The minimum atomic E-state index is 0.872. The Morgan fingerprint density at radius 1 is 1.12 bits per heavy atom. The molecule has 0 radical (unpaired) electrons. The van der Waals surface area contributed by atoms with Crippen LogP contribution in [0.15, 0.2) is 0 Å². The molecule has 3 heteroatoms. The van der Waals surface area contributed by atoms with Gasteiger partial charge in [0.25, 0.3) is 0 Å². The van der Waals surface area contributed by atoms with Crippen LogP contribution in [0.25, 0.3) is 0 Å². The van der Waals surface area contributed by atoms with Crippen LogP contribution in [0, 0.1) is 0 Å². The molecule has 0 aliphatic heterocycles. The van der Waals surface area contributed by atoms with E-state index in [0.717, 1.165) is 25.6 Å². The summed E-state index contributed by atoms with van der Waals surface area (Å²) in [5, 5.41) is 3.56. The number of nitrogens with one attached hydrogen (secondary N) is 1. The molecule has 1 aliphatic carbocycles. The van der Waals surface area contributed by atoms with Crippen molar-refractivity contribution in [1.29, 1.82) is 0 Å². The Morgan fingerprint density at radius 3 is 2.56 bits per heavy atom. The van der Waals surface area contributed by atoms with Crippen LogP contribution >= 0.6 is 0 Å². The van der Waals surface area contributed by atoms with E-state index in [-0.39, 0.29) is 0 Å². The maximum atomic E-state index is 5.04. The Morgan fingerprint density at radius 2 is 1.88 bits per heavy atom. The van der Waals surface area contributed by atoms with E-state index >= 15 is 0 Å². The van der Waals surface area contributed by atoms with Gasteiger partial charge in [-0.2, -0.15) is 0 Å². The lowest BCUT2D eigenvalue weighted by Gasteiger charge is -2.15. The lowest BCUT2D eigenvalue weighted by molar-refractivity contribution is 0.179. The number of hydrogen-bond donors (Lipinski definition) is 1. The molecule has 0 atom stereocenters. The molecule has 0 saturated heterocycles. The van der Waals surface area contributed by atoms with Crippen LogP contribution in [-0.2, 0) is 4.74 Å². The molecule has 0 aromatic heterocycles. The predicted molar refractivity (Wildman–Crippen MR) is 68.9 cm³/mol. The van der Waals surface area contributed by atoms with E-state index in [1.54, 1.807) is 7.11 Å². The molecule has 1 fully saturated rings. The first-order chi connectivity index (χ1) is 7.83. The monoisotopic (exact) mass is 228 g/mol. The lowest BCUT2D eigenvalue weighted by atomic mass is 10.2. The highest BCUT2D eigenvalue weighted by Crippen LogP contribution is 2.18. The molecule has 96 valence electrons. The van der Waals surface area contributed by atoms with E-state index in [1.165, 1.54) is 45.2 Å². The van der Waals surface area contributed by atoms with Crippen LogP contribution in [0.2, 0.25) is 0 Å². The highest BCUT2D eigenvalue weighted by molar-refractivity contribution is 4.80. The van der Waals surface area contributed by atoms with Crippen molar-refractivity contribution in [2.75, 3.05) is 40.4 Å². The number of ether oxygens (including phenoxy) is 1. The second kappa shape index (κ2) is 8.97. The van der Waals surface area contributed by atoms with E-state index in [4.69, 9.17) is 4.74 Å². The largest absolute Gasteiger partial charge is 0.385 e. The molecule has 0 heterocycles. The molecule has 0 aromatic carbocycles. The van der Waals surface area contributed by atoms with Crippen LogP contribution in [0.3, 0.4) is 0 Å². The van der Waals surface area contributed by atoms with E-state index in [0.29, 0.717) is 0 Å². The van der Waals surface area contributed by atoms with Crippen LogP contribution < -0.4 is 5.32 Å². The zero-order chi connectivity index (χ0) is 11.6. The van der Waals surface area contributed by atoms with Crippen molar-refractivity contribution in [1.82, 2.24) is 10.2 Å². The minimum absolute atomic E-state index is 0.872. The number of nitrogens with zero attached hydrogens (tertiary/aromatic N) is 1. The second-order valence-electron chi connectivity index (χ2n) is 4.94. The third-order valence-electron chi connectivity index (χ3n) is 3.12. The van der Waals surface area contributed by atoms with Gasteiger partial charge < -0.3 is 15.0 Å². The molecule has 0 aromatic rings. The fourth-order valence-corrected chi connectivity index (χ4v) is 1.87. The van der Waals surface area contributed by atoms with E-state index < -0.39 is 0 Å². The average molecular weight is 228 g/mol. The highest BCUT2D eigenvalue weighted by atomic mass is 16.5. The third-order valence-corrected chi connectivity index (χ3v) is 3.12. The summed E-state index contributed by atoms with van der Waals surface area (Å²) >= 11 is 0. The first-order valence-electron chi connectivity index (χ1n) is 6.74. The summed E-state index contributed by atoms with van der Waals surface area (Å²) in [6, 6.07) is 0.872. The molecule has 0 bridgehead atoms. The third kappa shape index (κ3) is 8.08. The standard InChI is InChI=1S/C13H28N2O/c1-15(11-6-12-16-2)10-5-3-4-9-14-13-7-8-13/h13-14H,3-12H2,1-2H3. The van der Waals surface area contributed by atoms with Crippen molar-refractivity contribution in [2.24, 2.45) is 0 Å². The molecule has 3 nitrogen and oxygen atoms in total. The first-order valence-corrected chi connectivity index (χ1v) is 6.74. The SMILES string of the molecule is COCCCN(C)CCCCCNC1CC1. The molecule has 0 amide bonds. The fraction of sp³-hybridized carbons (Fsp3) is 1.00. The Balaban J connectivity index is 1.74. The van der Waals surface area contributed by atoms with Crippen molar-refractivity contribution in [3.63, 3.8) is 0 Å². The average Bonchev–Trinajstić information content (AvgIpc) is 3.07. The van der Waals surface area contributed by atoms with E-state index in [2.05, 4.69) is 17.3 Å². The highest BCUT2D eigenvalue weighted by Gasteiger charge is 2.19. The van der Waals surface area contributed by atoms with Gasteiger partial charge in [-0.3, -0.25) is 0 Å². The summed E-state index contributed by atoms with van der Waals surface area (Å²) in [4.78, 5) is 2.41. The van der Waals surface area contributed by atoms with Crippen LogP contribution in [-0.4, -0.2) is 51.3 Å². The zero-order valence-electron chi connectivity index (χ0n) is 11.0. The van der Waals surface area contributed by atoms with Crippen molar-refractivity contribution >= 4 is 0 Å². The van der Waals surface area contributed by atoms with Gasteiger partial charge in [0.05, 0.1) is 0 Å². The molecule has 16 heavy (non-hydrogen) atoms. The van der Waals surface area contributed by atoms with Crippen LogP contribution in [0.1, 0.15) is 38.5 Å². The van der Waals surface area contributed by atoms with Gasteiger partial charge >= 0.3 is 0 Å². The summed E-state index contributed by atoms with van der Waals surface area (Å²) in [7, 11) is 3.98. The molecule has 1 rings (SSSR count). The van der Waals surface area contributed by atoms with E-state index in [1.807, 2.05) is 0 Å². The topological polar surface area (TPSA) is 24.5 Å². The molecular formula is C13H28N2O. The molecule has 0 spiro atoms. The molecule has 1 saturated carbocycles. The summed E-state index contributed by atoms with van der Waals surface area (Å²) < 4.78 is 5.04. The Hall–Kier alpha value is -0.120. The Labute approximate surface area is 101 Å². The summed E-state index contributed by atoms with van der Waals surface area (Å²) in [5.41, 5.74) is 0. The van der Waals surface area contributed by atoms with Crippen LogP contribution in [0.5, 0.6) is 0 Å². The fourth-order valence-electron chi connectivity index (χ4n) is 1.87. The summed E-state index contributed by atoms with van der Waals surface area (Å²) in [5.74, 6) is 0. The van der Waals surface area contributed by atoms with Gasteiger partial charge in [0.1, 0.15) is 0 Å². The lowest BCUT2D eigenvalue weighted by Crippen LogP contribution is -2.22. The predicted octanol–water partition coefficient (Wildman–Crippen LogP) is 1.88. The smallest absolute Gasteiger partial charge is 0.0474 e. The number of methoxy groups -OCH3 is 1. The summed E-state index contributed by atoms with van der Waals surface area (Å²) in [6.45, 7) is 4.50. The number of unbranched alkanes of at least 4 members (excludes halogenated alkanes) is 2. The van der Waals surface area contributed by atoms with Gasteiger partial charge in [-0.05, 0) is 52.2 Å². The van der Waals surface area contributed by atoms with Crippen molar-refractivity contribution in [2.45, 2.75) is 44.6 Å². The molecule has 0 unspecified atom stereocenters. The van der Waals surface area contributed by atoms with Gasteiger partial charge in [0, 0.05) is 26.3 Å². The maximum absolute atomic E-state index is 5.04. The number of rotatable bonds is 11. The second-order valence-corrected chi connectivity index (χ2v) is 4.94. The van der Waals surface area contributed by atoms with Gasteiger partial charge in [0.2, 0.25) is 0 Å². The molecule has 1 aliphatic rings. The Bertz CT molecular complexity index is 160. The Kier molecular flexibility index (Phi) is 7.81. The van der Waals surface area contributed by atoms with Gasteiger partial charge in [0.15, 0.2) is 0 Å². The van der Waals surface area contributed by atoms with Crippen molar-refractivity contribution < 1.29 is 4.74 Å². The van der Waals surface area contributed by atoms with Gasteiger partial charge in [-0.25, -0.2) is 0 Å². The van der Waals surface area contributed by atoms with Crippen LogP contribution in [0.4, 0.5) is 0 Å².